The van der Waals surface area contributed by atoms with Crippen LogP contribution in [0.4, 0.5) is 4.39 Å². The smallest absolute Gasteiger partial charge is 0.123 e. The molecule has 3 nitrogen and oxygen atoms in total. The summed E-state index contributed by atoms with van der Waals surface area (Å²) in [7, 11) is 1.68. The predicted octanol–water partition coefficient (Wildman–Crippen LogP) is 4.63. The molecule has 134 valence electrons. The van der Waals surface area contributed by atoms with E-state index in [0.717, 1.165) is 37.4 Å². The summed E-state index contributed by atoms with van der Waals surface area (Å²) in [5.74, 6) is 0.677. The lowest BCUT2D eigenvalue weighted by Crippen LogP contribution is -2.29. The fourth-order valence-electron chi connectivity index (χ4n) is 3.85. The number of ether oxygens (including phenoxy) is 1. The second-order valence-corrected chi connectivity index (χ2v) is 6.76. The third kappa shape index (κ3) is 3.37. The van der Waals surface area contributed by atoms with E-state index in [2.05, 4.69) is 39.9 Å². The molecule has 0 fully saturated rings. The Bertz CT molecular complexity index is 872. The van der Waals surface area contributed by atoms with Crippen molar-refractivity contribution in [2.45, 2.75) is 25.6 Å². The zero-order valence-electron chi connectivity index (χ0n) is 14.9. The Morgan fingerprint density at radius 2 is 1.88 bits per heavy atom. The van der Waals surface area contributed by atoms with Gasteiger partial charge in [0.2, 0.25) is 0 Å². The van der Waals surface area contributed by atoms with Gasteiger partial charge >= 0.3 is 0 Å². The van der Waals surface area contributed by atoms with Crippen molar-refractivity contribution in [1.29, 1.82) is 0 Å². The highest BCUT2D eigenvalue weighted by atomic mass is 19.1. The minimum absolute atomic E-state index is 0.140. The van der Waals surface area contributed by atoms with Crippen molar-refractivity contribution >= 4 is 0 Å². The number of aryl methyl sites for hydroxylation is 1. The van der Waals surface area contributed by atoms with Gasteiger partial charge in [0.1, 0.15) is 11.6 Å². The largest absolute Gasteiger partial charge is 0.497 e. The lowest BCUT2D eigenvalue weighted by Gasteiger charge is -2.30. The standard InChI is InChI=1S/C22H23FN2O/c1-26-20-10-8-18(9-11-20)22-21-7-3-12-24(21)13-4-14-25(22)16-17-5-2-6-19(23)15-17/h2-3,5-12,15,22H,4,13-14,16H2,1H3/t22-/m1/s1. The molecule has 3 aromatic rings. The monoisotopic (exact) mass is 350 g/mol. The van der Waals surface area contributed by atoms with Crippen LogP contribution >= 0.6 is 0 Å². The maximum absolute atomic E-state index is 13.7. The van der Waals surface area contributed by atoms with Gasteiger partial charge in [0.15, 0.2) is 0 Å². The molecule has 0 unspecified atom stereocenters. The minimum atomic E-state index is -0.179. The molecule has 1 atom stereocenters. The van der Waals surface area contributed by atoms with Crippen molar-refractivity contribution in [3.63, 3.8) is 0 Å². The van der Waals surface area contributed by atoms with E-state index in [0.29, 0.717) is 0 Å². The van der Waals surface area contributed by atoms with Gasteiger partial charge in [-0.3, -0.25) is 4.90 Å². The van der Waals surface area contributed by atoms with Gasteiger partial charge in [0, 0.05) is 31.5 Å². The fraction of sp³-hybridized carbons (Fsp3) is 0.273. The van der Waals surface area contributed by atoms with Crippen molar-refractivity contribution in [2.75, 3.05) is 13.7 Å². The molecule has 0 saturated carbocycles. The van der Waals surface area contributed by atoms with Crippen LogP contribution < -0.4 is 4.74 Å². The molecule has 0 radical (unpaired) electrons. The van der Waals surface area contributed by atoms with Crippen LogP contribution in [-0.4, -0.2) is 23.1 Å². The second-order valence-electron chi connectivity index (χ2n) is 6.76. The molecule has 4 heteroatoms. The summed E-state index contributed by atoms with van der Waals surface area (Å²) in [5.41, 5.74) is 3.51. The van der Waals surface area contributed by atoms with Crippen molar-refractivity contribution in [2.24, 2.45) is 0 Å². The molecule has 1 aliphatic rings. The normalized spacial score (nSPS) is 17.5. The van der Waals surface area contributed by atoms with Gasteiger partial charge in [-0.15, -0.1) is 0 Å². The van der Waals surface area contributed by atoms with Crippen LogP contribution in [0.3, 0.4) is 0 Å². The number of rotatable bonds is 4. The van der Waals surface area contributed by atoms with Crippen molar-refractivity contribution in [3.8, 4) is 5.75 Å². The molecule has 0 spiro atoms. The first-order valence-electron chi connectivity index (χ1n) is 9.02. The number of hydrogen-bond donors (Lipinski definition) is 0. The quantitative estimate of drug-likeness (QED) is 0.682. The molecule has 26 heavy (non-hydrogen) atoms. The second kappa shape index (κ2) is 7.34. The Hall–Kier alpha value is -2.59. The lowest BCUT2D eigenvalue weighted by atomic mass is 10.0. The van der Waals surface area contributed by atoms with Crippen LogP contribution in [0.25, 0.3) is 0 Å². The SMILES string of the molecule is COc1ccc([C@@H]2c3cccn3CCCN2Cc2cccc(F)c2)cc1. The van der Waals surface area contributed by atoms with Crippen LogP contribution in [0.1, 0.15) is 29.3 Å². The molecule has 4 rings (SSSR count). The van der Waals surface area contributed by atoms with Gasteiger partial charge in [0.05, 0.1) is 13.2 Å². The maximum atomic E-state index is 13.7. The van der Waals surface area contributed by atoms with Gasteiger partial charge in [0.25, 0.3) is 0 Å². The molecule has 0 bridgehead atoms. The van der Waals surface area contributed by atoms with E-state index in [4.69, 9.17) is 4.74 Å². The number of nitrogens with zero attached hydrogens (tertiary/aromatic N) is 2. The number of hydrogen-bond acceptors (Lipinski definition) is 2. The molecule has 2 heterocycles. The fourth-order valence-corrected chi connectivity index (χ4v) is 3.85. The average molecular weight is 350 g/mol. The van der Waals surface area contributed by atoms with E-state index in [-0.39, 0.29) is 11.9 Å². The first-order chi connectivity index (χ1) is 12.7. The molecule has 0 N–H and O–H groups in total. The van der Waals surface area contributed by atoms with E-state index in [1.54, 1.807) is 19.2 Å². The third-order valence-electron chi connectivity index (χ3n) is 5.06. The first kappa shape index (κ1) is 16.9. The number of methoxy groups -OCH3 is 1. The van der Waals surface area contributed by atoms with Gasteiger partial charge in [-0.05, 0) is 53.9 Å². The number of aromatic nitrogens is 1. The highest BCUT2D eigenvalue weighted by Crippen LogP contribution is 2.33. The summed E-state index contributed by atoms with van der Waals surface area (Å²) in [6.45, 7) is 2.70. The van der Waals surface area contributed by atoms with E-state index in [1.165, 1.54) is 17.3 Å². The average Bonchev–Trinajstić information content (AvgIpc) is 3.04. The van der Waals surface area contributed by atoms with E-state index >= 15 is 0 Å². The Kier molecular flexibility index (Phi) is 4.76. The number of fused-ring (bicyclic) bond motifs is 1. The zero-order valence-corrected chi connectivity index (χ0v) is 14.9. The van der Waals surface area contributed by atoms with Crippen molar-refractivity contribution < 1.29 is 9.13 Å². The van der Waals surface area contributed by atoms with Crippen molar-refractivity contribution in [1.82, 2.24) is 9.47 Å². The number of benzene rings is 2. The molecule has 0 aliphatic carbocycles. The van der Waals surface area contributed by atoms with Crippen LogP contribution in [0, 0.1) is 5.82 Å². The summed E-state index contributed by atoms with van der Waals surface area (Å²) in [5, 5.41) is 0. The van der Waals surface area contributed by atoms with Crippen LogP contribution in [-0.2, 0) is 13.1 Å². The highest BCUT2D eigenvalue weighted by molar-refractivity contribution is 5.34. The number of halogens is 1. The molecule has 0 amide bonds. The van der Waals surface area contributed by atoms with Gasteiger partial charge < -0.3 is 9.30 Å². The molecular formula is C22H23FN2O. The Morgan fingerprint density at radius 1 is 1.04 bits per heavy atom. The van der Waals surface area contributed by atoms with Crippen LogP contribution in [0.15, 0.2) is 66.9 Å². The molecule has 2 aromatic carbocycles. The van der Waals surface area contributed by atoms with E-state index in [9.17, 15) is 4.39 Å². The maximum Gasteiger partial charge on any atom is 0.123 e. The lowest BCUT2D eigenvalue weighted by molar-refractivity contribution is 0.220. The Labute approximate surface area is 153 Å². The summed E-state index contributed by atoms with van der Waals surface area (Å²) in [4.78, 5) is 2.44. The summed E-state index contributed by atoms with van der Waals surface area (Å²) < 4.78 is 21.3. The zero-order chi connectivity index (χ0) is 17.9. The van der Waals surface area contributed by atoms with Crippen molar-refractivity contribution in [3.05, 3.63) is 89.5 Å². The van der Waals surface area contributed by atoms with Crippen LogP contribution in [0.5, 0.6) is 5.75 Å². The molecule has 1 aliphatic heterocycles. The molecular weight excluding hydrogens is 327 g/mol. The highest BCUT2D eigenvalue weighted by Gasteiger charge is 2.27. The Balaban J connectivity index is 1.72. The predicted molar refractivity (Wildman–Crippen MR) is 101 cm³/mol. The van der Waals surface area contributed by atoms with E-state index < -0.39 is 0 Å². The molecule has 1 aromatic heterocycles. The van der Waals surface area contributed by atoms with Gasteiger partial charge in [-0.1, -0.05) is 24.3 Å². The summed E-state index contributed by atoms with van der Waals surface area (Å²) in [6.07, 6.45) is 3.22. The first-order valence-corrected chi connectivity index (χ1v) is 9.02. The van der Waals surface area contributed by atoms with Crippen LogP contribution in [0.2, 0.25) is 0 Å². The summed E-state index contributed by atoms with van der Waals surface area (Å²) >= 11 is 0. The van der Waals surface area contributed by atoms with E-state index in [1.807, 2.05) is 18.2 Å². The topological polar surface area (TPSA) is 17.4 Å². The third-order valence-corrected chi connectivity index (χ3v) is 5.06. The summed E-state index contributed by atoms with van der Waals surface area (Å²) in [6, 6.07) is 19.6. The minimum Gasteiger partial charge on any atom is -0.497 e. The van der Waals surface area contributed by atoms with Gasteiger partial charge in [-0.2, -0.15) is 0 Å². The Morgan fingerprint density at radius 3 is 2.65 bits per heavy atom. The van der Waals surface area contributed by atoms with Gasteiger partial charge in [-0.25, -0.2) is 4.39 Å². The molecule has 0 saturated heterocycles.